The van der Waals surface area contributed by atoms with Gasteiger partial charge in [-0.2, -0.15) is 5.10 Å². The van der Waals surface area contributed by atoms with Crippen LogP contribution < -0.4 is 4.74 Å². The number of carbonyl (C=O) groups excluding carboxylic acids is 1. The van der Waals surface area contributed by atoms with E-state index in [0.29, 0.717) is 11.6 Å². The van der Waals surface area contributed by atoms with E-state index in [4.69, 9.17) is 4.74 Å². The number of aromatic nitrogens is 3. The molecule has 2 heterocycles. The van der Waals surface area contributed by atoms with E-state index in [1.54, 1.807) is 12.3 Å². The summed E-state index contributed by atoms with van der Waals surface area (Å²) < 4.78 is 4.96. The van der Waals surface area contributed by atoms with Crippen LogP contribution in [0.3, 0.4) is 0 Å². The molecular formula is C9H9N3O2. The summed E-state index contributed by atoms with van der Waals surface area (Å²) in [5.41, 5.74) is 1.15. The quantitative estimate of drug-likeness (QED) is 0.723. The monoisotopic (exact) mass is 191 g/mol. The first-order valence-corrected chi connectivity index (χ1v) is 4.11. The molecule has 0 unspecified atom stereocenters. The Bertz CT molecular complexity index is 490. The Morgan fingerprint density at radius 1 is 1.57 bits per heavy atom. The summed E-state index contributed by atoms with van der Waals surface area (Å²) >= 11 is 0. The molecule has 5 heteroatoms. The highest BCUT2D eigenvalue weighted by Crippen LogP contribution is 2.19. The topological polar surface area (TPSA) is 67.9 Å². The van der Waals surface area contributed by atoms with Gasteiger partial charge in [-0.1, -0.05) is 0 Å². The predicted molar refractivity (Wildman–Crippen MR) is 50.4 cm³/mol. The zero-order valence-corrected chi connectivity index (χ0v) is 7.87. The number of pyridine rings is 1. The van der Waals surface area contributed by atoms with Gasteiger partial charge in [0, 0.05) is 18.4 Å². The Kier molecular flexibility index (Phi) is 1.92. The first-order chi connectivity index (χ1) is 6.72. The first-order valence-electron chi connectivity index (χ1n) is 4.11. The number of ether oxygens (including phenoxy) is 1. The number of methoxy groups -OCH3 is 1. The molecule has 1 N–H and O–H groups in total. The third kappa shape index (κ3) is 1.22. The minimum atomic E-state index is -0.0792. The van der Waals surface area contributed by atoms with Gasteiger partial charge in [-0.05, 0) is 0 Å². The van der Waals surface area contributed by atoms with Crippen LogP contribution in [0.15, 0.2) is 12.3 Å². The maximum absolute atomic E-state index is 11.2. The standard InChI is InChI=1S/C9H9N3O2/c1-5(13)9-6-3-8(14-2)10-4-7(6)11-12-9/h3-4H,1-2H3,(H,11,12). The van der Waals surface area contributed by atoms with Crippen LogP contribution in [0.25, 0.3) is 10.9 Å². The Balaban J connectivity index is 2.69. The second-order valence-electron chi connectivity index (χ2n) is 2.90. The highest BCUT2D eigenvalue weighted by atomic mass is 16.5. The summed E-state index contributed by atoms with van der Waals surface area (Å²) in [5.74, 6) is 0.394. The molecule has 0 fully saturated rings. The number of fused-ring (bicyclic) bond motifs is 1. The molecule has 0 amide bonds. The van der Waals surface area contributed by atoms with Gasteiger partial charge in [0.1, 0.15) is 5.69 Å². The Labute approximate surface area is 80.1 Å². The second kappa shape index (κ2) is 3.10. The molecule has 0 saturated carbocycles. The van der Waals surface area contributed by atoms with E-state index in [0.717, 1.165) is 10.9 Å². The van der Waals surface area contributed by atoms with Crippen LogP contribution >= 0.6 is 0 Å². The molecule has 0 saturated heterocycles. The predicted octanol–water partition coefficient (Wildman–Crippen LogP) is 1.17. The third-order valence-electron chi connectivity index (χ3n) is 1.96. The van der Waals surface area contributed by atoms with Gasteiger partial charge in [-0.3, -0.25) is 9.89 Å². The second-order valence-corrected chi connectivity index (χ2v) is 2.90. The third-order valence-corrected chi connectivity index (χ3v) is 1.96. The van der Waals surface area contributed by atoms with Crippen LogP contribution in [0.2, 0.25) is 0 Å². The van der Waals surface area contributed by atoms with Crippen LogP contribution in [0.4, 0.5) is 0 Å². The van der Waals surface area contributed by atoms with Gasteiger partial charge in [0.05, 0.1) is 18.8 Å². The van der Waals surface area contributed by atoms with Crippen LogP contribution in [0.1, 0.15) is 17.4 Å². The van der Waals surface area contributed by atoms with Gasteiger partial charge >= 0.3 is 0 Å². The molecule has 14 heavy (non-hydrogen) atoms. The molecule has 2 rings (SSSR count). The zero-order chi connectivity index (χ0) is 10.1. The number of hydrogen-bond donors (Lipinski definition) is 1. The number of nitrogens with zero attached hydrogens (tertiary/aromatic N) is 2. The summed E-state index contributed by atoms with van der Waals surface area (Å²) in [4.78, 5) is 15.2. The zero-order valence-electron chi connectivity index (χ0n) is 7.87. The van der Waals surface area contributed by atoms with Gasteiger partial charge < -0.3 is 4.74 Å². The van der Waals surface area contributed by atoms with E-state index in [-0.39, 0.29) is 5.78 Å². The molecule has 72 valence electrons. The van der Waals surface area contributed by atoms with Crippen molar-refractivity contribution in [2.75, 3.05) is 7.11 Å². The fourth-order valence-electron chi connectivity index (χ4n) is 1.28. The van der Waals surface area contributed by atoms with Gasteiger partial charge in [0.25, 0.3) is 0 Å². The molecule has 0 aliphatic carbocycles. The highest BCUT2D eigenvalue weighted by molar-refractivity contribution is 6.04. The lowest BCUT2D eigenvalue weighted by atomic mass is 10.2. The molecule has 0 aliphatic rings. The molecule has 0 atom stereocenters. The van der Waals surface area contributed by atoms with Crippen molar-refractivity contribution in [1.82, 2.24) is 15.2 Å². The number of carbonyl (C=O) groups is 1. The Morgan fingerprint density at radius 2 is 2.36 bits per heavy atom. The van der Waals surface area contributed by atoms with Crippen LogP contribution in [-0.4, -0.2) is 28.1 Å². The number of nitrogens with one attached hydrogen (secondary N) is 1. The lowest BCUT2D eigenvalue weighted by Gasteiger charge is -1.97. The van der Waals surface area contributed by atoms with E-state index in [1.807, 2.05) is 0 Å². The molecule has 2 aromatic heterocycles. The van der Waals surface area contributed by atoms with Crippen molar-refractivity contribution >= 4 is 16.7 Å². The maximum Gasteiger partial charge on any atom is 0.213 e. The lowest BCUT2D eigenvalue weighted by molar-refractivity contribution is 0.101. The lowest BCUT2D eigenvalue weighted by Crippen LogP contribution is -1.93. The molecule has 0 aliphatic heterocycles. The van der Waals surface area contributed by atoms with Crippen molar-refractivity contribution < 1.29 is 9.53 Å². The summed E-state index contributed by atoms with van der Waals surface area (Å²) in [6.07, 6.45) is 1.59. The minimum Gasteiger partial charge on any atom is -0.481 e. The average Bonchev–Trinajstić information content (AvgIpc) is 2.59. The van der Waals surface area contributed by atoms with Gasteiger partial charge in [0.2, 0.25) is 5.88 Å². The van der Waals surface area contributed by atoms with E-state index >= 15 is 0 Å². The van der Waals surface area contributed by atoms with E-state index in [2.05, 4.69) is 15.2 Å². The minimum absolute atomic E-state index is 0.0792. The molecular weight excluding hydrogens is 182 g/mol. The number of aromatic amines is 1. The maximum atomic E-state index is 11.2. The number of rotatable bonds is 2. The average molecular weight is 191 g/mol. The Morgan fingerprint density at radius 3 is 3.00 bits per heavy atom. The smallest absolute Gasteiger partial charge is 0.213 e. The van der Waals surface area contributed by atoms with Gasteiger partial charge in [-0.25, -0.2) is 4.98 Å². The van der Waals surface area contributed by atoms with Crippen molar-refractivity contribution in [2.45, 2.75) is 6.92 Å². The molecule has 0 aromatic carbocycles. The SMILES string of the molecule is COc1cc2c(C(C)=O)n[nH]c2cn1. The summed E-state index contributed by atoms with van der Waals surface area (Å²) in [7, 11) is 1.53. The largest absolute Gasteiger partial charge is 0.481 e. The Hall–Kier alpha value is -1.91. The van der Waals surface area contributed by atoms with Crippen LogP contribution in [-0.2, 0) is 0 Å². The van der Waals surface area contributed by atoms with Crippen molar-refractivity contribution in [2.24, 2.45) is 0 Å². The summed E-state index contributed by atoms with van der Waals surface area (Å²) in [6.45, 7) is 1.47. The molecule has 0 radical (unpaired) electrons. The summed E-state index contributed by atoms with van der Waals surface area (Å²) in [5, 5.41) is 7.37. The molecule has 5 nitrogen and oxygen atoms in total. The van der Waals surface area contributed by atoms with Crippen molar-refractivity contribution in [1.29, 1.82) is 0 Å². The number of ketones is 1. The van der Waals surface area contributed by atoms with Crippen molar-refractivity contribution in [3.63, 3.8) is 0 Å². The fraction of sp³-hybridized carbons (Fsp3) is 0.222. The van der Waals surface area contributed by atoms with Crippen LogP contribution in [0, 0.1) is 0 Å². The fourth-order valence-corrected chi connectivity index (χ4v) is 1.28. The van der Waals surface area contributed by atoms with Crippen molar-refractivity contribution in [3.8, 4) is 5.88 Å². The van der Waals surface area contributed by atoms with E-state index in [9.17, 15) is 4.79 Å². The van der Waals surface area contributed by atoms with Crippen LogP contribution in [0.5, 0.6) is 5.88 Å². The number of Topliss-reactive ketones (excluding diaryl/α,β-unsaturated/α-hetero) is 1. The highest BCUT2D eigenvalue weighted by Gasteiger charge is 2.10. The van der Waals surface area contributed by atoms with Gasteiger partial charge in [-0.15, -0.1) is 0 Å². The first kappa shape index (κ1) is 8.68. The van der Waals surface area contributed by atoms with Crippen molar-refractivity contribution in [3.05, 3.63) is 18.0 Å². The van der Waals surface area contributed by atoms with E-state index < -0.39 is 0 Å². The van der Waals surface area contributed by atoms with Gasteiger partial charge in [0.15, 0.2) is 5.78 Å². The number of hydrogen-bond acceptors (Lipinski definition) is 4. The molecule has 2 aromatic rings. The molecule has 0 spiro atoms. The van der Waals surface area contributed by atoms with E-state index in [1.165, 1.54) is 14.0 Å². The molecule has 0 bridgehead atoms. The normalized spacial score (nSPS) is 10.4. The summed E-state index contributed by atoms with van der Waals surface area (Å²) in [6, 6.07) is 1.69. The number of H-pyrrole nitrogens is 1.